The van der Waals surface area contributed by atoms with Crippen LogP contribution < -0.4 is 5.73 Å². The quantitative estimate of drug-likeness (QED) is 0.809. The third kappa shape index (κ3) is 2.74. The lowest BCUT2D eigenvalue weighted by atomic mass is 9.81. The number of aliphatic imine (C=N–C) groups is 1. The molecule has 3 N–H and O–H groups in total. The summed E-state index contributed by atoms with van der Waals surface area (Å²) in [5, 5.41) is 9.57. The van der Waals surface area contributed by atoms with Crippen LogP contribution in [-0.4, -0.2) is 47.2 Å². The fourth-order valence-corrected chi connectivity index (χ4v) is 3.39. The largest absolute Gasteiger partial charge is 0.480 e. The third-order valence-corrected chi connectivity index (χ3v) is 4.77. The molecule has 2 heterocycles. The predicted molar refractivity (Wildman–Crippen MR) is 87.0 cm³/mol. The van der Waals surface area contributed by atoms with Gasteiger partial charge >= 0.3 is 5.97 Å². The van der Waals surface area contributed by atoms with Gasteiger partial charge in [0, 0.05) is 18.7 Å². The van der Waals surface area contributed by atoms with Gasteiger partial charge in [0.25, 0.3) is 0 Å². The van der Waals surface area contributed by atoms with Gasteiger partial charge in [0.1, 0.15) is 5.84 Å². The van der Waals surface area contributed by atoms with Crippen molar-refractivity contribution in [3.63, 3.8) is 0 Å². The summed E-state index contributed by atoms with van der Waals surface area (Å²) in [6, 6.07) is 6.91. The first kappa shape index (κ1) is 15.7. The number of amidine groups is 1. The van der Waals surface area contributed by atoms with Crippen molar-refractivity contribution in [2.45, 2.75) is 19.8 Å². The van der Waals surface area contributed by atoms with E-state index in [1.54, 1.807) is 24.3 Å². The van der Waals surface area contributed by atoms with E-state index in [0.717, 1.165) is 12.8 Å². The molecular weight excluding hydrogens is 294 g/mol. The number of Topliss-reactive ketones (excluding diaryl/α,β-unsaturated/α-hetero) is 1. The molecule has 0 saturated carbocycles. The highest BCUT2D eigenvalue weighted by Gasteiger charge is 2.42. The van der Waals surface area contributed by atoms with Crippen molar-refractivity contribution >= 4 is 23.3 Å². The minimum Gasteiger partial charge on any atom is -0.480 e. The molecule has 1 saturated heterocycles. The zero-order chi connectivity index (χ0) is 16.6. The number of para-hydroxylation sites is 1. The smallest absolute Gasteiger partial charge is 0.322 e. The fraction of sp³-hybridized carbons (Fsp3) is 0.471. The maximum atomic E-state index is 12.6. The molecule has 1 fully saturated rings. The normalized spacial score (nSPS) is 27.4. The second-order valence-corrected chi connectivity index (χ2v) is 6.66. The topological polar surface area (TPSA) is 96.0 Å². The summed E-state index contributed by atoms with van der Waals surface area (Å²) in [6.45, 7) is 3.95. The Morgan fingerprint density at radius 2 is 2.22 bits per heavy atom. The van der Waals surface area contributed by atoms with Gasteiger partial charge in [-0.05, 0) is 36.9 Å². The van der Waals surface area contributed by atoms with Crippen molar-refractivity contribution in [3.8, 4) is 0 Å². The van der Waals surface area contributed by atoms with E-state index in [9.17, 15) is 14.7 Å². The number of rotatable bonds is 2. The molecule has 0 amide bonds. The van der Waals surface area contributed by atoms with Crippen molar-refractivity contribution in [2.24, 2.45) is 22.1 Å². The number of hydrogen-bond acceptors (Lipinski definition) is 5. The first-order valence-corrected chi connectivity index (χ1v) is 7.85. The van der Waals surface area contributed by atoms with Gasteiger partial charge in [0.2, 0.25) is 0 Å². The summed E-state index contributed by atoms with van der Waals surface area (Å²) >= 11 is 0. The van der Waals surface area contributed by atoms with Gasteiger partial charge in [0.15, 0.2) is 11.7 Å². The molecule has 2 aliphatic heterocycles. The van der Waals surface area contributed by atoms with Gasteiger partial charge < -0.3 is 15.7 Å². The molecule has 2 atom stereocenters. The molecule has 1 aromatic carbocycles. The van der Waals surface area contributed by atoms with Crippen molar-refractivity contribution in [1.82, 2.24) is 4.90 Å². The number of aliphatic carboxylic acids is 1. The van der Waals surface area contributed by atoms with E-state index >= 15 is 0 Å². The van der Waals surface area contributed by atoms with Gasteiger partial charge in [-0.3, -0.25) is 9.59 Å². The SMILES string of the molecule is CC1(CN)CCCN(C2=Nc3ccccc3C(=O)C2C(=O)O)C1. The van der Waals surface area contributed by atoms with Crippen LogP contribution in [0.4, 0.5) is 5.69 Å². The highest BCUT2D eigenvalue weighted by molar-refractivity contribution is 6.26. The minimum absolute atomic E-state index is 0.0795. The maximum Gasteiger partial charge on any atom is 0.322 e. The zero-order valence-electron chi connectivity index (χ0n) is 13.2. The Kier molecular flexibility index (Phi) is 3.93. The summed E-state index contributed by atoms with van der Waals surface area (Å²) in [7, 11) is 0. The average Bonchev–Trinajstić information content (AvgIpc) is 2.54. The number of nitrogens with zero attached hydrogens (tertiary/aromatic N) is 2. The van der Waals surface area contributed by atoms with Gasteiger partial charge in [0.05, 0.1) is 5.69 Å². The molecule has 3 rings (SSSR count). The van der Waals surface area contributed by atoms with E-state index in [1.807, 2.05) is 4.90 Å². The Balaban J connectivity index is 2.03. The van der Waals surface area contributed by atoms with Crippen LogP contribution in [0.1, 0.15) is 30.1 Å². The molecule has 0 aromatic heterocycles. The summed E-state index contributed by atoms with van der Waals surface area (Å²) in [4.78, 5) is 30.8. The Morgan fingerprint density at radius 1 is 1.48 bits per heavy atom. The Morgan fingerprint density at radius 3 is 2.91 bits per heavy atom. The molecule has 6 heteroatoms. The van der Waals surface area contributed by atoms with E-state index in [1.165, 1.54) is 0 Å². The lowest BCUT2D eigenvalue weighted by Gasteiger charge is -2.42. The van der Waals surface area contributed by atoms with E-state index in [4.69, 9.17) is 5.73 Å². The molecule has 0 bridgehead atoms. The molecule has 0 spiro atoms. The van der Waals surface area contributed by atoms with E-state index in [2.05, 4.69) is 11.9 Å². The second kappa shape index (κ2) is 5.77. The number of carboxylic acids is 1. The van der Waals surface area contributed by atoms with Crippen LogP contribution >= 0.6 is 0 Å². The molecule has 122 valence electrons. The van der Waals surface area contributed by atoms with Gasteiger partial charge in [-0.2, -0.15) is 0 Å². The number of carbonyl (C=O) groups excluding carboxylic acids is 1. The van der Waals surface area contributed by atoms with Crippen molar-refractivity contribution in [2.75, 3.05) is 19.6 Å². The van der Waals surface area contributed by atoms with Gasteiger partial charge in [-0.15, -0.1) is 0 Å². The van der Waals surface area contributed by atoms with Crippen LogP contribution in [0, 0.1) is 11.3 Å². The highest BCUT2D eigenvalue weighted by atomic mass is 16.4. The van der Waals surface area contributed by atoms with Crippen molar-refractivity contribution in [1.29, 1.82) is 0 Å². The number of carboxylic acid groups (broad SMARTS) is 1. The average molecular weight is 315 g/mol. The summed E-state index contributed by atoms with van der Waals surface area (Å²) < 4.78 is 0. The fourth-order valence-electron chi connectivity index (χ4n) is 3.39. The number of likely N-dealkylation sites (tertiary alicyclic amines) is 1. The van der Waals surface area contributed by atoms with E-state index in [0.29, 0.717) is 36.7 Å². The molecule has 23 heavy (non-hydrogen) atoms. The van der Waals surface area contributed by atoms with E-state index in [-0.39, 0.29) is 5.41 Å². The Bertz CT molecular complexity index is 685. The zero-order valence-corrected chi connectivity index (χ0v) is 13.2. The van der Waals surface area contributed by atoms with Crippen molar-refractivity contribution in [3.05, 3.63) is 29.8 Å². The summed E-state index contributed by atoms with van der Waals surface area (Å²) in [6.07, 6.45) is 1.91. The number of carbonyl (C=O) groups is 2. The number of piperidine rings is 1. The third-order valence-electron chi connectivity index (χ3n) is 4.77. The predicted octanol–water partition coefficient (Wildman–Crippen LogP) is 1.67. The molecule has 0 radical (unpaired) electrons. The van der Waals surface area contributed by atoms with Crippen molar-refractivity contribution < 1.29 is 14.7 Å². The summed E-state index contributed by atoms with van der Waals surface area (Å²) in [5.74, 6) is -2.42. The van der Waals surface area contributed by atoms with Crippen LogP contribution in [0.25, 0.3) is 0 Å². The molecule has 0 aliphatic carbocycles. The summed E-state index contributed by atoms with van der Waals surface area (Å²) in [5.41, 5.74) is 6.72. The second-order valence-electron chi connectivity index (χ2n) is 6.66. The first-order valence-electron chi connectivity index (χ1n) is 7.85. The minimum atomic E-state index is -1.23. The van der Waals surface area contributed by atoms with Crippen LogP contribution in [0.3, 0.4) is 0 Å². The van der Waals surface area contributed by atoms with Gasteiger partial charge in [-0.25, -0.2) is 4.99 Å². The molecular formula is C17H21N3O3. The highest BCUT2D eigenvalue weighted by Crippen LogP contribution is 2.34. The Labute approximate surface area is 135 Å². The van der Waals surface area contributed by atoms with Crippen LogP contribution in [0.15, 0.2) is 29.3 Å². The standard InChI is InChI=1S/C17H21N3O3/c1-17(9-18)7-4-8-20(10-17)15-13(16(22)23)14(21)11-5-2-3-6-12(11)19-15/h2-3,5-6,13H,4,7-10,18H2,1H3,(H,22,23). The molecule has 2 aliphatic rings. The maximum absolute atomic E-state index is 12.6. The number of nitrogens with two attached hydrogens (primary N) is 1. The lowest BCUT2D eigenvalue weighted by Crippen LogP contribution is -2.52. The molecule has 2 unspecified atom stereocenters. The number of fused-ring (bicyclic) bond motifs is 1. The van der Waals surface area contributed by atoms with Gasteiger partial charge in [-0.1, -0.05) is 19.1 Å². The molecule has 1 aromatic rings. The van der Waals surface area contributed by atoms with Crippen LogP contribution in [0.5, 0.6) is 0 Å². The lowest BCUT2D eigenvalue weighted by molar-refractivity contribution is -0.138. The number of ketones is 1. The number of benzene rings is 1. The monoisotopic (exact) mass is 315 g/mol. The van der Waals surface area contributed by atoms with E-state index < -0.39 is 17.7 Å². The van der Waals surface area contributed by atoms with Crippen LogP contribution in [0.2, 0.25) is 0 Å². The Hall–Kier alpha value is -2.21. The molecule has 6 nitrogen and oxygen atoms in total. The first-order chi connectivity index (χ1) is 10.9. The van der Waals surface area contributed by atoms with Crippen LogP contribution in [-0.2, 0) is 4.79 Å². The number of hydrogen-bond donors (Lipinski definition) is 2.